The van der Waals surface area contributed by atoms with Crippen LogP contribution in [0.25, 0.3) is 0 Å². The Morgan fingerprint density at radius 2 is 0.765 bits per heavy atom. The maximum absolute atomic E-state index is 11.8. The summed E-state index contributed by atoms with van der Waals surface area (Å²) in [6.45, 7) is 30.9. The number of hydrogen-bond donors (Lipinski definition) is 8. The second kappa shape index (κ2) is 53.5. The molecular weight excluding hydrogens is 1440 g/mol. The summed E-state index contributed by atoms with van der Waals surface area (Å²) in [5.74, 6) is -4.75. The van der Waals surface area contributed by atoms with Gasteiger partial charge in [-0.1, -0.05) is 61.4 Å². The minimum atomic E-state index is -4.67. The quantitative estimate of drug-likeness (QED) is 0.00728. The van der Waals surface area contributed by atoms with E-state index in [0.717, 1.165) is 0 Å². The normalized spacial score (nSPS) is 9.43. The second-order valence-corrected chi connectivity index (χ2v) is 19.0. The Bertz CT molecular complexity index is 3460. The molecule has 0 unspecified atom stereocenters. The van der Waals surface area contributed by atoms with E-state index in [9.17, 15) is 47.9 Å². The molecule has 546 valence electrons. The van der Waals surface area contributed by atoms with Crippen LogP contribution in [0.15, 0.2) is 68.9 Å². The molecular formula is C62H93IN7NaO26S. The molecule has 5 aromatic heterocycles. The van der Waals surface area contributed by atoms with Crippen LogP contribution in [0.5, 0.6) is 0 Å². The van der Waals surface area contributed by atoms with Gasteiger partial charge in [0.2, 0.25) is 0 Å². The summed E-state index contributed by atoms with van der Waals surface area (Å²) in [7, 11) is 1.95. The number of halogens is 1. The summed E-state index contributed by atoms with van der Waals surface area (Å²) >= 11 is 2.15. The molecule has 0 radical (unpaired) electrons. The number of aromatic nitrogens is 5. The van der Waals surface area contributed by atoms with Gasteiger partial charge in [0.15, 0.2) is 0 Å². The number of amides is 2. The van der Waals surface area contributed by atoms with Crippen LogP contribution in [0.1, 0.15) is 160 Å². The van der Waals surface area contributed by atoms with Gasteiger partial charge in [0.05, 0.1) is 74.3 Å². The van der Waals surface area contributed by atoms with E-state index in [2.05, 4.69) is 57.9 Å². The molecule has 0 aliphatic heterocycles. The van der Waals surface area contributed by atoms with Crippen LogP contribution in [-0.4, -0.2) is 186 Å². The number of carboxylic acids is 2. The standard InChI is InChI=1S/C13H18N2O4.C12H17NO4.C11H14N2O4.C11H15NO4.C10H13NO4.C3H6O.CH3I.CH4.Na.H2O4S.H2O/c1-5-7-19-13(17)14-10-8-15(4)11(9(10)3)12(16)18-6-2;1-5-16-11(14)9-7-13(4)10(8(9)3)12(15)17-6-2;1-4-5-17-11(16)12-8-6-13(3)9(7(8)2)10(14)15;1-4-15-10(13)8-6-12-9(7(8)3)11(14)16-5-2;1-4-15-10(14)8-6(2)7(9(12)13)5-11(8)3;1-2-3-4;1-2;;;1-5(2,3)4;/h5,8H,1,6-7H2,2-4H3,(H,14,17);7H,5-6H2,1-4H3;4,6H,1,5H2,2-3H3,(H,12,16)(H,14,15);6,12H,4-5H2,1-3H3;5H,4H2,1-3H3,(H,12,13);2,4H,1,3H2;1H3;1H4;;(H2,1,2,3,4);1H2/q;;;;;;;;+1;;/p-1. The Morgan fingerprint density at radius 1 is 0.480 bits per heavy atom. The first-order valence-corrected chi connectivity index (χ1v) is 31.8. The van der Waals surface area contributed by atoms with E-state index in [0.29, 0.717) is 100 Å². The molecule has 9 N–H and O–H groups in total. The fraction of sp³-hybridized carbons (Fsp3) is 0.419. The van der Waals surface area contributed by atoms with Gasteiger partial charge in [0, 0.05) is 70.3 Å². The van der Waals surface area contributed by atoms with Crippen molar-refractivity contribution in [1.82, 2.24) is 23.3 Å². The first kappa shape index (κ1) is 100. The fourth-order valence-electron chi connectivity index (χ4n) is 7.56. The van der Waals surface area contributed by atoms with Crippen LogP contribution in [-0.2, 0) is 76.5 Å². The number of nitrogens with zero attached hydrogens (tertiary/aromatic N) is 4. The monoisotopic (exact) mass is 1530 g/mol. The average molecular weight is 1530 g/mol. The van der Waals surface area contributed by atoms with Crippen LogP contribution >= 0.6 is 22.6 Å². The van der Waals surface area contributed by atoms with E-state index in [1.54, 1.807) is 126 Å². The Labute approximate surface area is 606 Å². The number of nitrogens with one attached hydrogen (secondary N) is 3. The largest absolute Gasteiger partial charge is 1.00 e. The number of aryl methyl sites for hydroxylation is 4. The van der Waals surface area contributed by atoms with Gasteiger partial charge in [-0.2, -0.15) is 8.42 Å². The maximum atomic E-state index is 11.8. The van der Waals surface area contributed by atoms with Gasteiger partial charge in [-0.25, -0.2) is 47.9 Å². The summed E-state index contributed by atoms with van der Waals surface area (Å²) < 4.78 is 76.5. The van der Waals surface area contributed by atoms with E-state index in [1.807, 2.05) is 4.93 Å². The van der Waals surface area contributed by atoms with E-state index in [4.69, 9.17) is 70.7 Å². The Balaban J connectivity index is -0.000000258. The molecule has 2 amide bonds. The van der Waals surface area contributed by atoms with Gasteiger partial charge in [-0.05, 0) is 97.8 Å². The first-order chi connectivity index (χ1) is 44.5. The molecule has 5 aromatic rings. The molecule has 0 atom stereocenters. The third kappa shape index (κ3) is 35.6. The molecule has 98 heavy (non-hydrogen) atoms. The zero-order valence-electron chi connectivity index (χ0n) is 57.5. The van der Waals surface area contributed by atoms with Gasteiger partial charge in [-0.3, -0.25) is 19.7 Å². The molecule has 0 fully saturated rings. The summed E-state index contributed by atoms with van der Waals surface area (Å²) in [6.07, 6.45) is 10.7. The molecule has 5 rings (SSSR count). The van der Waals surface area contributed by atoms with Crippen LogP contribution in [0.3, 0.4) is 0 Å². The number of aliphatic hydroxyl groups is 1. The van der Waals surface area contributed by atoms with Gasteiger partial charge in [-0.15, -0.1) is 6.58 Å². The molecule has 33 nitrogen and oxygen atoms in total. The number of esters is 6. The van der Waals surface area contributed by atoms with Gasteiger partial charge in [0.25, 0.3) is 0 Å². The van der Waals surface area contributed by atoms with Crippen molar-refractivity contribution in [3.8, 4) is 0 Å². The fourth-order valence-corrected chi connectivity index (χ4v) is 7.56. The molecule has 0 aliphatic rings. The Kier molecular flexibility index (Phi) is 54.8. The number of carbonyl (C=O) groups is 10. The smallest absolute Gasteiger partial charge is 0.870 e. The molecule has 0 saturated carbocycles. The predicted molar refractivity (Wildman–Crippen MR) is 366 cm³/mol. The van der Waals surface area contributed by atoms with E-state index >= 15 is 0 Å². The molecule has 0 aromatic carbocycles. The molecule has 0 saturated heterocycles. The van der Waals surface area contributed by atoms with Crippen molar-refractivity contribution < 1.29 is 154 Å². The molecule has 36 heteroatoms. The summed E-state index contributed by atoms with van der Waals surface area (Å²) in [6, 6.07) is 0. The molecule has 0 bridgehead atoms. The van der Waals surface area contributed by atoms with Crippen molar-refractivity contribution in [2.24, 2.45) is 28.2 Å². The Morgan fingerprint density at radius 3 is 1.07 bits per heavy atom. The van der Waals surface area contributed by atoms with E-state index in [-0.39, 0.29) is 85.8 Å². The third-order valence-corrected chi connectivity index (χ3v) is 11.5. The molecule has 0 aliphatic carbocycles. The average Bonchev–Trinajstić information content (AvgIpc) is 1.68. The van der Waals surface area contributed by atoms with Crippen molar-refractivity contribution >= 4 is 104 Å². The second-order valence-electron chi connectivity index (χ2n) is 18.1. The zero-order valence-corrected chi connectivity index (χ0v) is 62.5. The van der Waals surface area contributed by atoms with Crippen molar-refractivity contribution in [2.45, 2.75) is 83.6 Å². The maximum Gasteiger partial charge on any atom is 1.00 e. The summed E-state index contributed by atoms with van der Waals surface area (Å²) in [5, 5.41) is 30.6. The van der Waals surface area contributed by atoms with Crippen LogP contribution in [0.4, 0.5) is 21.0 Å². The number of aliphatic hydroxyl groups excluding tert-OH is 1. The van der Waals surface area contributed by atoms with Crippen LogP contribution in [0, 0.1) is 34.6 Å². The van der Waals surface area contributed by atoms with E-state index < -0.39 is 70.3 Å². The SMILES string of the molecule is C.C=CCO.C=CCOC(=O)Nc1cn(C)c(C(=O)O)c1C.C=CCOC(=O)Nc1cn(C)c(C(=O)OCC)c1C.CCOC(=O)c1c(C)c(C(=O)O)cn1C.CCOC(=O)c1c[nH]c(C(=O)OCC)c1C.CCOC(=O)c1cn(C)c(C(=O)OCC)c1C.CI.O=S(=O)(O)O.[Na+].[OH-]. The number of carbonyl (C=O) groups excluding carboxylic acids is 8. The number of H-pyrrole nitrogens is 1. The van der Waals surface area contributed by atoms with Gasteiger partial charge >= 0.3 is 99.9 Å². The topological polar surface area (TPSA) is 469 Å². The van der Waals surface area contributed by atoms with Crippen molar-refractivity contribution in [1.29, 1.82) is 0 Å². The number of alkyl halides is 1. The van der Waals surface area contributed by atoms with Crippen LogP contribution < -0.4 is 40.2 Å². The third-order valence-electron chi connectivity index (χ3n) is 11.5. The summed E-state index contributed by atoms with van der Waals surface area (Å²) in [4.78, 5) is 119. The van der Waals surface area contributed by atoms with E-state index in [1.165, 1.54) is 46.0 Å². The Hall–Kier alpha value is -8.56. The molecule has 0 spiro atoms. The summed E-state index contributed by atoms with van der Waals surface area (Å²) in [5.41, 5.74) is 6.01. The van der Waals surface area contributed by atoms with Crippen LogP contribution in [0.2, 0.25) is 0 Å². The van der Waals surface area contributed by atoms with Crippen molar-refractivity contribution in [3.05, 3.63) is 142 Å². The number of carboxylic acid groups (broad SMARTS) is 2. The van der Waals surface area contributed by atoms with Crippen molar-refractivity contribution in [2.75, 3.05) is 75.0 Å². The van der Waals surface area contributed by atoms with Gasteiger partial charge < -0.3 is 81.9 Å². The number of aromatic amines is 1. The zero-order chi connectivity index (χ0) is 74.0. The number of anilines is 2. The number of hydrogen-bond acceptors (Lipinski definition) is 22. The van der Waals surface area contributed by atoms with Crippen molar-refractivity contribution in [3.63, 3.8) is 0 Å². The number of rotatable bonds is 21. The van der Waals surface area contributed by atoms with Gasteiger partial charge in [0.1, 0.15) is 41.7 Å². The minimum Gasteiger partial charge on any atom is -0.870 e. The predicted octanol–water partition coefficient (Wildman–Crippen LogP) is 6.61. The minimum absolute atomic E-state index is 0. The number of aromatic carboxylic acids is 2. The molecule has 5 heterocycles. The first-order valence-electron chi connectivity index (χ1n) is 28.2. The number of ether oxygens (including phenoxy) is 8.